The third-order valence-corrected chi connectivity index (χ3v) is 4.34. The van der Waals surface area contributed by atoms with Crippen LogP contribution in [0.3, 0.4) is 0 Å². The number of nitrogens with zero attached hydrogens (tertiary/aromatic N) is 1. The lowest BCUT2D eigenvalue weighted by Gasteiger charge is -2.28. The van der Waals surface area contributed by atoms with Crippen LogP contribution in [0.1, 0.15) is 18.9 Å². The van der Waals surface area contributed by atoms with E-state index in [4.69, 9.17) is 0 Å². The molecule has 0 saturated carbocycles. The highest BCUT2D eigenvalue weighted by Crippen LogP contribution is 2.32. The van der Waals surface area contributed by atoms with Crippen molar-refractivity contribution in [3.05, 3.63) is 28.2 Å². The Morgan fingerprint density at radius 1 is 1.47 bits per heavy atom. The second kappa shape index (κ2) is 5.40. The van der Waals surface area contributed by atoms with Crippen LogP contribution in [0, 0.1) is 12.8 Å². The summed E-state index contributed by atoms with van der Waals surface area (Å²) in [5.74, 6) is 0.767. The zero-order chi connectivity index (χ0) is 12.4. The molecule has 0 bridgehead atoms. The number of aryl methyl sites for hydroxylation is 1. The fraction of sp³-hybridized carbons (Fsp3) is 0.571. The topological polar surface area (TPSA) is 15.3 Å². The summed E-state index contributed by atoms with van der Waals surface area (Å²) in [4.78, 5) is 2.55. The molecule has 1 N–H and O–H groups in total. The van der Waals surface area contributed by atoms with Crippen molar-refractivity contribution >= 4 is 21.6 Å². The summed E-state index contributed by atoms with van der Waals surface area (Å²) in [5.41, 5.74) is 2.75. The molecule has 1 aliphatic rings. The van der Waals surface area contributed by atoms with Gasteiger partial charge in [-0.3, -0.25) is 0 Å². The van der Waals surface area contributed by atoms with Gasteiger partial charge in [0.2, 0.25) is 0 Å². The van der Waals surface area contributed by atoms with Crippen molar-refractivity contribution in [2.45, 2.75) is 26.3 Å². The van der Waals surface area contributed by atoms with E-state index in [0.29, 0.717) is 6.04 Å². The maximum Gasteiger partial charge on any atom is 0.0399 e. The van der Waals surface area contributed by atoms with Gasteiger partial charge >= 0.3 is 0 Å². The first-order chi connectivity index (χ1) is 8.13. The second-order valence-electron chi connectivity index (χ2n) is 4.97. The molecule has 1 aromatic rings. The average Bonchev–Trinajstić information content (AvgIpc) is 2.62. The standard InChI is InChI=1S/C14H21BrN2/c1-10-8-13(15)4-5-14(10)17-7-6-12(9-16-3)11(17)2/h4-5,8,11-12,16H,6-7,9H2,1-3H3. The van der Waals surface area contributed by atoms with E-state index in [1.54, 1.807) is 0 Å². The molecule has 2 rings (SSSR count). The summed E-state index contributed by atoms with van der Waals surface area (Å²) >= 11 is 3.53. The Bertz CT molecular complexity index is 392. The lowest BCUT2D eigenvalue weighted by Crippen LogP contribution is -2.33. The molecule has 1 saturated heterocycles. The average molecular weight is 297 g/mol. The van der Waals surface area contributed by atoms with Crippen molar-refractivity contribution < 1.29 is 0 Å². The minimum Gasteiger partial charge on any atom is -0.368 e. The summed E-state index contributed by atoms with van der Waals surface area (Å²) in [6.07, 6.45) is 1.29. The molecule has 2 nitrogen and oxygen atoms in total. The van der Waals surface area contributed by atoms with Gasteiger partial charge in [0.1, 0.15) is 0 Å². The highest BCUT2D eigenvalue weighted by molar-refractivity contribution is 9.10. The number of anilines is 1. The SMILES string of the molecule is CNCC1CCN(c2ccc(Br)cc2C)C1C. The molecular formula is C14H21BrN2. The van der Waals surface area contributed by atoms with Gasteiger partial charge in [0.15, 0.2) is 0 Å². The van der Waals surface area contributed by atoms with Crippen LogP contribution in [0.2, 0.25) is 0 Å². The number of benzene rings is 1. The Balaban J connectivity index is 2.18. The Hall–Kier alpha value is -0.540. The molecule has 0 aromatic heterocycles. The predicted octanol–water partition coefficient (Wildman–Crippen LogP) is 3.19. The van der Waals surface area contributed by atoms with Gasteiger partial charge in [0, 0.05) is 22.7 Å². The molecule has 0 aliphatic carbocycles. The van der Waals surface area contributed by atoms with Crippen LogP contribution in [0.4, 0.5) is 5.69 Å². The van der Waals surface area contributed by atoms with Crippen molar-refractivity contribution in [1.82, 2.24) is 5.32 Å². The molecular weight excluding hydrogens is 276 g/mol. The van der Waals surface area contributed by atoms with E-state index in [9.17, 15) is 0 Å². The van der Waals surface area contributed by atoms with Crippen LogP contribution < -0.4 is 10.2 Å². The van der Waals surface area contributed by atoms with Gasteiger partial charge in [-0.25, -0.2) is 0 Å². The van der Waals surface area contributed by atoms with E-state index in [1.165, 1.54) is 24.2 Å². The number of halogens is 1. The molecule has 0 spiro atoms. The molecule has 0 amide bonds. The largest absolute Gasteiger partial charge is 0.368 e. The Morgan fingerprint density at radius 3 is 2.88 bits per heavy atom. The molecule has 0 radical (unpaired) electrons. The van der Waals surface area contributed by atoms with Crippen molar-refractivity contribution in [1.29, 1.82) is 0 Å². The third kappa shape index (κ3) is 2.66. The third-order valence-electron chi connectivity index (χ3n) is 3.85. The maximum absolute atomic E-state index is 3.53. The fourth-order valence-electron chi connectivity index (χ4n) is 2.82. The van der Waals surface area contributed by atoms with E-state index >= 15 is 0 Å². The smallest absolute Gasteiger partial charge is 0.0399 e. The van der Waals surface area contributed by atoms with Crippen LogP contribution >= 0.6 is 15.9 Å². The number of hydrogen-bond acceptors (Lipinski definition) is 2. The molecule has 1 aliphatic heterocycles. The summed E-state index contributed by atoms with van der Waals surface area (Å²) in [6.45, 7) is 6.83. The summed E-state index contributed by atoms with van der Waals surface area (Å²) < 4.78 is 1.16. The van der Waals surface area contributed by atoms with Crippen molar-refractivity contribution in [3.63, 3.8) is 0 Å². The minimum atomic E-state index is 0.627. The van der Waals surface area contributed by atoms with Crippen LogP contribution in [0.5, 0.6) is 0 Å². The van der Waals surface area contributed by atoms with Crippen LogP contribution in [-0.4, -0.2) is 26.2 Å². The van der Waals surface area contributed by atoms with E-state index < -0.39 is 0 Å². The summed E-state index contributed by atoms with van der Waals surface area (Å²) in [6, 6.07) is 7.20. The van der Waals surface area contributed by atoms with E-state index in [2.05, 4.69) is 58.2 Å². The molecule has 94 valence electrons. The van der Waals surface area contributed by atoms with E-state index in [1.807, 2.05) is 7.05 Å². The highest BCUT2D eigenvalue weighted by Gasteiger charge is 2.30. The molecule has 3 heteroatoms. The lowest BCUT2D eigenvalue weighted by atomic mass is 10.0. The van der Waals surface area contributed by atoms with Crippen LogP contribution in [0.25, 0.3) is 0 Å². The Labute approximate surface area is 113 Å². The molecule has 1 fully saturated rings. The first-order valence-corrected chi connectivity index (χ1v) is 7.10. The van der Waals surface area contributed by atoms with Gasteiger partial charge in [-0.2, -0.15) is 0 Å². The monoisotopic (exact) mass is 296 g/mol. The van der Waals surface area contributed by atoms with Crippen LogP contribution in [-0.2, 0) is 0 Å². The zero-order valence-corrected chi connectivity index (χ0v) is 12.4. The lowest BCUT2D eigenvalue weighted by molar-refractivity contribution is 0.473. The molecule has 2 unspecified atom stereocenters. The Morgan fingerprint density at radius 2 is 2.24 bits per heavy atom. The van der Waals surface area contributed by atoms with E-state index in [-0.39, 0.29) is 0 Å². The van der Waals surface area contributed by atoms with Gasteiger partial charge in [-0.1, -0.05) is 15.9 Å². The zero-order valence-electron chi connectivity index (χ0n) is 10.8. The number of hydrogen-bond donors (Lipinski definition) is 1. The van der Waals surface area contributed by atoms with Crippen molar-refractivity contribution in [2.75, 3.05) is 25.0 Å². The quantitative estimate of drug-likeness (QED) is 0.921. The normalized spacial score (nSPS) is 24.4. The number of rotatable bonds is 3. The second-order valence-corrected chi connectivity index (χ2v) is 5.89. The molecule has 2 atom stereocenters. The number of nitrogens with one attached hydrogen (secondary N) is 1. The van der Waals surface area contributed by atoms with Gasteiger partial charge in [-0.15, -0.1) is 0 Å². The van der Waals surface area contributed by atoms with Crippen molar-refractivity contribution in [3.8, 4) is 0 Å². The van der Waals surface area contributed by atoms with Gasteiger partial charge in [0.25, 0.3) is 0 Å². The van der Waals surface area contributed by atoms with Gasteiger partial charge in [0.05, 0.1) is 0 Å². The first kappa shape index (κ1) is 12.9. The summed E-state index contributed by atoms with van der Waals surface area (Å²) in [5, 5.41) is 3.30. The Kier molecular flexibility index (Phi) is 4.10. The molecule has 1 heterocycles. The fourth-order valence-corrected chi connectivity index (χ4v) is 3.30. The predicted molar refractivity (Wildman–Crippen MR) is 77.7 cm³/mol. The minimum absolute atomic E-state index is 0.627. The van der Waals surface area contributed by atoms with Gasteiger partial charge < -0.3 is 10.2 Å². The maximum atomic E-state index is 3.53. The molecule has 17 heavy (non-hydrogen) atoms. The van der Waals surface area contributed by atoms with Crippen molar-refractivity contribution in [2.24, 2.45) is 5.92 Å². The first-order valence-electron chi connectivity index (χ1n) is 6.31. The molecule has 1 aromatic carbocycles. The van der Waals surface area contributed by atoms with Gasteiger partial charge in [-0.05, 0) is 63.5 Å². The van der Waals surface area contributed by atoms with Crippen LogP contribution in [0.15, 0.2) is 22.7 Å². The summed E-state index contributed by atoms with van der Waals surface area (Å²) in [7, 11) is 2.04. The highest BCUT2D eigenvalue weighted by atomic mass is 79.9. The van der Waals surface area contributed by atoms with E-state index in [0.717, 1.165) is 16.9 Å².